The van der Waals surface area contributed by atoms with Gasteiger partial charge >= 0.3 is 0 Å². The van der Waals surface area contributed by atoms with Gasteiger partial charge in [0.25, 0.3) is 0 Å². The first kappa shape index (κ1) is 23.5. The molecule has 1 N–H and O–H groups in total. The molecule has 0 bridgehead atoms. The molecule has 3 aliphatic heterocycles. The van der Waals surface area contributed by atoms with Crippen LogP contribution in [-0.4, -0.2) is 85.8 Å². The number of ether oxygens (including phenoxy) is 2. The fraction of sp³-hybridized carbons (Fsp3) is 0.913. The van der Waals surface area contributed by atoms with Crippen molar-refractivity contribution < 1.29 is 19.1 Å². The number of hydrogen-bond donors (Lipinski definition) is 1. The predicted molar refractivity (Wildman–Crippen MR) is 116 cm³/mol. The van der Waals surface area contributed by atoms with Gasteiger partial charge in [0.05, 0.1) is 32.3 Å². The molecule has 30 heavy (non-hydrogen) atoms. The number of rotatable bonds is 7. The molecule has 7 heteroatoms. The highest BCUT2D eigenvalue weighted by Crippen LogP contribution is 2.42. The fourth-order valence-electron chi connectivity index (χ4n) is 5.08. The van der Waals surface area contributed by atoms with E-state index in [9.17, 15) is 9.59 Å². The van der Waals surface area contributed by atoms with Crippen LogP contribution in [0.1, 0.15) is 53.9 Å². The van der Waals surface area contributed by atoms with Crippen LogP contribution >= 0.6 is 0 Å². The Kier molecular flexibility index (Phi) is 7.80. The van der Waals surface area contributed by atoms with E-state index in [1.807, 2.05) is 18.7 Å². The molecule has 0 aromatic heterocycles. The van der Waals surface area contributed by atoms with Crippen molar-refractivity contribution in [1.29, 1.82) is 0 Å². The van der Waals surface area contributed by atoms with Gasteiger partial charge in [-0.25, -0.2) is 0 Å². The number of carbonyl (C=O) groups excluding carboxylic acids is 2. The van der Waals surface area contributed by atoms with E-state index in [1.165, 1.54) is 0 Å². The van der Waals surface area contributed by atoms with Crippen molar-refractivity contribution in [1.82, 2.24) is 15.1 Å². The lowest BCUT2D eigenvalue weighted by Gasteiger charge is -2.29. The van der Waals surface area contributed by atoms with Gasteiger partial charge in [-0.3, -0.25) is 14.5 Å². The molecule has 3 rings (SSSR count). The summed E-state index contributed by atoms with van der Waals surface area (Å²) in [5.74, 6) is 0.741. The third-order valence-corrected chi connectivity index (χ3v) is 6.62. The standard InChI is InChI=1S/C23H41N3O4/c1-16(2)24-20(27)12-17-14-26(7-6-23(3,4)5)18-15-30-19(22(17)18)13-21(28)25-8-10-29-11-9-25/h16-19,22H,6-15H2,1-5H3,(H,24,27)/t17-,18-,19+,22-/m1/s1. The second kappa shape index (κ2) is 9.96. The topological polar surface area (TPSA) is 71.1 Å². The normalized spacial score (nSPS) is 30.0. The van der Waals surface area contributed by atoms with Gasteiger partial charge in [0.1, 0.15) is 0 Å². The van der Waals surface area contributed by atoms with E-state index in [0.29, 0.717) is 51.8 Å². The summed E-state index contributed by atoms with van der Waals surface area (Å²) in [5, 5.41) is 3.04. The molecule has 172 valence electrons. The second-order valence-electron chi connectivity index (χ2n) is 10.7. The van der Waals surface area contributed by atoms with Crippen molar-refractivity contribution in [2.75, 3.05) is 46.0 Å². The van der Waals surface area contributed by atoms with Crippen LogP contribution in [0.2, 0.25) is 0 Å². The summed E-state index contributed by atoms with van der Waals surface area (Å²) in [6, 6.07) is 0.455. The molecule has 3 saturated heterocycles. The molecule has 3 fully saturated rings. The molecule has 0 radical (unpaired) electrons. The molecule has 0 spiro atoms. The molecule has 4 atom stereocenters. The minimum atomic E-state index is -0.0955. The van der Waals surface area contributed by atoms with Crippen molar-refractivity contribution in [3.05, 3.63) is 0 Å². The average molecular weight is 424 g/mol. The summed E-state index contributed by atoms with van der Waals surface area (Å²) in [4.78, 5) is 29.8. The minimum Gasteiger partial charge on any atom is -0.378 e. The third-order valence-electron chi connectivity index (χ3n) is 6.62. The Morgan fingerprint density at radius 3 is 2.47 bits per heavy atom. The van der Waals surface area contributed by atoms with Crippen LogP contribution in [0.4, 0.5) is 0 Å². The summed E-state index contributed by atoms with van der Waals surface area (Å²) < 4.78 is 11.6. The predicted octanol–water partition coefficient (Wildman–Crippen LogP) is 1.90. The molecule has 0 aromatic rings. The van der Waals surface area contributed by atoms with Crippen LogP contribution in [0.25, 0.3) is 0 Å². The van der Waals surface area contributed by atoms with Gasteiger partial charge in [-0.15, -0.1) is 0 Å². The Bertz CT molecular complexity index is 598. The zero-order chi connectivity index (χ0) is 21.9. The summed E-state index contributed by atoms with van der Waals surface area (Å²) in [7, 11) is 0. The monoisotopic (exact) mass is 423 g/mol. The maximum atomic E-state index is 12.9. The van der Waals surface area contributed by atoms with Gasteiger partial charge in [-0.2, -0.15) is 0 Å². The number of fused-ring (bicyclic) bond motifs is 1. The zero-order valence-electron chi connectivity index (χ0n) is 19.5. The van der Waals surface area contributed by atoms with Crippen molar-refractivity contribution in [2.45, 2.75) is 72.1 Å². The largest absolute Gasteiger partial charge is 0.378 e. The summed E-state index contributed by atoms with van der Waals surface area (Å²) in [6.07, 6.45) is 1.94. The van der Waals surface area contributed by atoms with Crippen LogP contribution < -0.4 is 5.32 Å². The van der Waals surface area contributed by atoms with E-state index in [4.69, 9.17) is 9.47 Å². The Labute approximate surface area is 181 Å². The first-order valence-electron chi connectivity index (χ1n) is 11.6. The molecule has 2 amide bonds. The number of carbonyl (C=O) groups is 2. The molecular weight excluding hydrogens is 382 g/mol. The maximum absolute atomic E-state index is 12.9. The third kappa shape index (κ3) is 6.17. The molecule has 7 nitrogen and oxygen atoms in total. The number of nitrogens with zero attached hydrogens (tertiary/aromatic N) is 2. The Balaban J connectivity index is 1.67. The van der Waals surface area contributed by atoms with Gasteiger partial charge in [0.2, 0.25) is 11.8 Å². The van der Waals surface area contributed by atoms with Crippen molar-refractivity contribution >= 4 is 11.8 Å². The smallest absolute Gasteiger partial charge is 0.225 e. The number of amides is 2. The maximum Gasteiger partial charge on any atom is 0.225 e. The molecule has 0 unspecified atom stereocenters. The van der Waals surface area contributed by atoms with Gasteiger partial charge in [0, 0.05) is 44.1 Å². The second-order valence-corrected chi connectivity index (χ2v) is 10.7. The SMILES string of the molecule is CC(C)NC(=O)C[C@@H]1CN(CCC(C)(C)C)[C@@H]2CO[C@@H](CC(=O)N3CCOCC3)[C@H]12. The highest BCUT2D eigenvalue weighted by Gasteiger charge is 2.51. The minimum absolute atomic E-state index is 0.0955. The van der Waals surface area contributed by atoms with E-state index in [0.717, 1.165) is 19.5 Å². The molecule has 0 aliphatic carbocycles. The number of likely N-dealkylation sites (tertiary alicyclic amines) is 1. The fourth-order valence-corrected chi connectivity index (χ4v) is 5.08. The van der Waals surface area contributed by atoms with E-state index in [-0.39, 0.29) is 41.2 Å². The Morgan fingerprint density at radius 2 is 1.83 bits per heavy atom. The van der Waals surface area contributed by atoms with Crippen molar-refractivity contribution in [2.24, 2.45) is 17.3 Å². The molecule has 3 heterocycles. The van der Waals surface area contributed by atoms with Gasteiger partial charge in [-0.1, -0.05) is 20.8 Å². The zero-order valence-corrected chi connectivity index (χ0v) is 19.5. The Hall–Kier alpha value is -1.18. The number of nitrogens with one attached hydrogen (secondary N) is 1. The van der Waals surface area contributed by atoms with Gasteiger partial charge in [-0.05, 0) is 38.1 Å². The van der Waals surface area contributed by atoms with Crippen molar-refractivity contribution in [3.63, 3.8) is 0 Å². The van der Waals surface area contributed by atoms with E-state index < -0.39 is 0 Å². The van der Waals surface area contributed by atoms with Crippen LogP contribution in [-0.2, 0) is 19.1 Å². The summed E-state index contributed by atoms with van der Waals surface area (Å²) in [6.45, 7) is 15.9. The van der Waals surface area contributed by atoms with E-state index >= 15 is 0 Å². The molecule has 0 aromatic carbocycles. The highest BCUT2D eigenvalue weighted by atomic mass is 16.5. The summed E-state index contributed by atoms with van der Waals surface area (Å²) >= 11 is 0. The number of morpholine rings is 1. The van der Waals surface area contributed by atoms with Crippen LogP contribution in [0.15, 0.2) is 0 Å². The number of hydrogen-bond acceptors (Lipinski definition) is 5. The quantitative estimate of drug-likeness (QED) is 0.677. The Morgan fingerprint density at radius 1 is 1.13 bits per heavy atom. The molecular formula is C23H41N3O4. The van der Waals surface area contributed by atoms with Crippen LogP contribution in [0, 0.1) is 17.3 Å². The van der Waals surface area contributed by atoms with E-state index in [2.05, 4.69) is 31.0 Å². The lowest BCUT2D eigenvalue weighted by Crippen LogP contribution is -2.43. The van der Waals surface area contributed by atoms with Crippen LogP contribution in [0.3, 0.4) is 0 Å². The van der Waals surface area contributed by atoms with E-state index in [1.54, 1.807) is 0 Å². The molecule has 3 aliphatic rings. The molecule has 0 saturated carbocycles. The lowest BCUT2D eigenvalue weighted by molar-refractivity contribution is -0.138. The van der Waals surface area contributed by atoms with Gasteiger partial charge in [0.15, 0.2) is 0 Å². The average Bonchev–Trinajstić information content (AvgIpc) is 3.21. The first-order valence-corrected chi connectivity index (χ1v) is 11.6. The highest BCUT2D eigenvalue weighted by molar-refractivity contribution is 5.77. The first-order chi connectivity index (χ1) is 14.1. The van der Waals surface area contributed by atoms with Crippen molar-refractivity contribution in [3.8, 4) is 0 Å². The van der Waals surface area contributed by atoms with Gasteiger partial charge < -0.3 is 19.7 Å². The van der Waals surface area contributed by atoms with Crippen LogP contribution in [0.5, 0.6) is 0 Å². The lowest BCUT2D eigenvalue weighted by atomic mass is 9.84. The summed E-state index contributed by atoms with van der Waals surface area (Å²) in [5.41, 5.74) is 0.272.